The fourth-order valence-corrected chi connectivity index (χ4v) is 15.6. The minimum Gasteiger partial charge on any atom is -0.390 e. The molecule has 25 heteroatoms. The first kappa shape index (κ1) is 70.0. The molecule has 0 unspecified atom stereocenters. The number of nitriles is 3. The van der Waals surface area contributed by atoms with Crippen molar-refractivity contribution in [3.8, 4) is 18.2 Å². The Kier molecular flexibility index (Phi) is 24.5. The van der Waals surface area contributed by atoms with Crippen LogP contribution in [0, 0.1) is 34.0 Å². The van der Waals surface area contributed by atoms with E-state index in [4.69, 9.17) is 19.3 Å². The van der Waals surface area contributed by atoms with Crippen molar-refractivity contribution in [2.45, 2.75) is 131 Å². The molecule has 0 bridgehead atoms. The standard InChI is InChI=1S/2C22H29N5O2S.C18H21N5OS.C4H9BrO/c2*1-15-9-27(19-5-4-16(8-23)20-21(19)25-7-6-24-20)10-17(29-15)13-30-18-11-26(12-18)14-22(2,3)28;1-12-9-23(10-14(24-12)11-25-15-7-20-8-15)16-3-2-13(6-19)17-18(16)22-5-4-21-17;1-4(2,6)3-5/h2*4-7,15,17-18,28H,9-14H2,1-3H3;2-5,12,14-15,20H,7-11H2,1H3;6H,3H2,1-2H3/t2*15-,17-;12-,14-;/m111./s1. The van der Waals surface area contributed by atoms with Crippen LogP contribution in [0.3, 0.4) is 0 Å². The number of fused-ring (bicyclic) bond motifs is 3. The lowest BCUT2D eigenvalue weighted by atomic mass is 10.1. The molecule has 0 saturated carbocycles. The SMILES string of the molecule is CC(C)(O)CBr.C[C@@H]1CN(c2ccc(C#N)c3nccnc23)C[C@H](CSC2CN(CC(C)(C)O)C2)O1.C[C@@H]1CN(c2ccc(C#N)c3nccnc23)C[C@H](CSC2CN(CC(C)(C)O)C2)O1.C[C@@H]1CN(c2ccc(C#N)c3nccnc23)C[C@H](CSC2CNC2)O1. The lowest BCUT2D eigenvalue weighted by molar-refractivity contribution is -0.00331. The largest absolute Gasteiger partial charge is 0.390 e. The Morgan fingerprint density at radius 1 is 0.462 bits per heavy atom. The summed E-state index contributed by atoms with van der Waals surface area (Å²) in [5, 5.41) is 62.6. The Labute approximate surface area is 557 Å². The van der Waals surface area contributed by atoms with Gasteiger partial charge in [-0.3, -0.25) is 39.7 Å². The van der Waals surface area contributed by atoms with Crippen molar-refractivity contribution < 1.29 is 29.5 Å². The van der Waals surface area contributed by atoms with Gasteiger partial charge in [-0.2, -0.15) is 51.1 Å². The first-order valence-electron chi connectivity index (χ1n) is 31.3. The van der Waals surface area contributed by atoms with Crippen molar-refractivity contribution in [3.05, 3.63) is 90.3 Å². The van der Waals surface area contributed by atoms with Crippen LogP contribution in [0.15, 0.2) is 73.6 Å². The predicted molar refractivity (Wildman–Crippen MR) is 370 cm³/mol. The molecule has 21 nitrogen and oxygen atoms in total. The smallest absolute Gasteiger partial charge is 0.113 e. The third-order valence-electron chi connectivity index (χ3n) is 15.9. The summed E-state index contributed by atoms with van der Waals surface area (Å²) in [6.07, 6.45) is 10.9. The van der Waals surface area contributed by atoms with Gasteiger partial charge in [0, 0.05) is 167 Å². The highest BCUT2D eigenvalue weighted by molar-refractivity contribution is 9.09. The van der Waals surface area contributed by atoms with Crippen molar-refractivity contribution >= 4 is 101 Å². The summed E-state index contributed by atoms with van der Waals surface area (Å²) >= 11 is 9.04. The Hall–Kier alpha value is -5.28. The van der Waals surface area contributed by atoms with Crippen molar-refractivity contribution in [2.24, 2.45) is 0 Å². The van der Waals surface area contributed by atoms with E-state index in [1.807, 2.05) is 99.4 Å². The number of aromatic nitrogens is 6. The number of hydrogen-bond acceptors (Lipinski definition) is 24. The number of morpholine rings is 3. The molecule has 488 valence electrons. The van der Waals surface area contributed by atoms with Gasteiger partial charge in [0.1, 0.15) is 51.3 Å². The average Bonchev–Trinajstić information content (AvgIpc) is 0.884. The van der Waals surface area contributed by atoms with Gasteiger partial charge in [-0.1, -0.05) is 15.9 Å². The highest BCUT2D eigenvalue weighted by atomic mass is 79.9. The Balaban J connectivity index is 0.000000155. The number of benzene rings is 3. The number of β-amino-alcohol motifs (C(OH)–C–C–N with tert-alkyl or cyclic N) is 2. The maximum Gasteiger partial charge on any atom is 0.113 e. The highest BCUT2D eigenvalue weighted by Crippen LogP contribution is 2.35. The monoisotopic (exact) mass is 1360 g/mol. The van der Waals surface area contributed by atoms with Gasteiger partial charge >= 0.3 is 0 Å². The van der Waals surface area contributed by atoms with Crippen LogP contribution < -0.4 is 20.0 Å². The molecule has 6 fully saturated rings. The molecule has 3 aromatic heterocycles. The summed E-state index contributed by atoms with van der Waals surface area (Å²) in [7, 11) is 0. The van der Waals surface area contributed by atoms with Crippen molar-refractivity contribution in [2.75, 3.05) is 129 Å². The van der Waals surface area contributed by atoms with E-state index in [9.17, 15) is 26.0 Å². The Morgan fingerprint density at radius 2 is 0.747 bits per heavy atom. The van der Waals surface area contributed by atoms with Crippen LogP contribution in [0.4, 0.5) is 17.1 Å². The quantitative estimate of drug-likeness (QED) is 0.0643. The maximum atomic E-state index is 9.95. The molecule has 6 aliphatic rings. The van der Waals surface area contributed by atoms with E-state index in [0.29, 0.717) is 49.1 Å². The molecular weight excluding hydrogens is 1270 g/mol. The number of nitrogens with zero attached hydrogens (tertiary/aromatic N) is 14. The number of likely N-dealkylation sites (tertiary alicyclic amines) is 2. The first-order valence-corrected chi connectivity index (χ1v) is 35.6. The summed E-state index contributed by atoms with van der Waals surface area (Å²) in [6.45, 7) is 29.9. The molecule has 0 aliphatic carbocycles. The number of thioether (sulfide) groups is 3. The van der Waals surface area contributed by atoms with Crippen LogP contribution >= 0.6 is 51.2 Å². The van der Waals surface area contributed by atoms with Gasteiger partial charge in [-0.15, -0.1) is 0 Å². The average molecular weight is 1360 g/mol. The minimum absolute atomic E-state index is 0.125. The number of ether oxygens (including phenoxy) is 3. The normalized spacial score (nSPS) is 22.8. The van der Waals surface area contributed by atoms with Gasteiger partial charge in [0.15, 0.2) is 0 Å². The van der Waals surface area contributed by atoms with Crippen molar-refractivity contribution in [1.29, 1.82) is 15.8 Å². The number of halogens is 1. The fourth-order valence-electron chi connectivity index (χ4n) is 11.9. The van der Waals surface area contributed by atoms with Gasteiger partial charge in [0.2, 0.25) is 0 Å². The number of anilines is 3. The summed E-state index contributed by atoms with van der Waals surface area (Å²) in [6, 6.07) is 18.1. The van der Waals surface area contributed by atoms with Crippen molar-refractivity contribution in [1.82, 2.24) is 45.0 Å². The zero-order chi connectivity index (χ0) is 65.0. The van der Waals surface area contributed by atoms with E-state index in [1.54, 1.807) is 51.0 Å². The molecule has 12 rings (SSSR count). The van der Waals surface area contributed by atoms with E-state index in [0.717, 1.165) is 148 Å². The third kappa shape index (κ3) is 19.9. The van der Waals surface area contributed by atoms with E-state index < -0.39 is 16.8 Å². The van der Waals surface area contributed by atoms with Crippen LogP contribution in [0.2, 0.25) is 0 Å². The number of rotatable bonds is 17. The second kappa shape index (κ2) is 31.8. The number of alkyl halides is 1. The van der Waals surface area contributed by atoms with Gasteiger partial charge in [-0.05, 0) is 98.7 Å². The number of hydrogen-bond donors (Lipinski definition) is 4. The first-order chi connectivity index (χ1) is 43.4. The van der Waals surface area contributed by atoms with Crippen LogP contribution in [0.1, 0.15) is 79.0 Å². The van der Waals surface area contributed by atoms with Gasteiger partial charge < -0.3 is 49.5 Å². The lowest BCUT2D eigenvalue weighted by Gasteiger charge is -2.43. The van der Waals surface area contributed by atoms with E-state index in [1.165, 1.54) is 0 Å². The fraction of sp³-hybridized carbons (Fsp3) is 0.591. The predicted octanol–water partition coefficient (Wildman–Crippen LogP) is 7.52. The topological polar surface area (TPSA) is 265 Å². The zero-order valence-electron chi connectivity index (χ0n) is 53.8. The second-order valence-corrected chi connectivity index (χ2v) is 31.0. The van der Waals surface area contributed by atoms with Crippen LogP contribution in [0.25, 0.3) is 33.1 Å². The molecular formula is C66H88BrN15O6S3. The summed E-state index contributed by atoms with van der Waals surface area (Å²) in [5.41, 5.74) is 7.27. The Morgan fingerprint density at radius 3 is 1.00 bits per heavy atom. The number of nitrogens with one attached hydrogen (secondary N) is 1. The van der Waals surface area contributed by atoms with Crippen LogP contribution in [0.5, 0.6) is 0 Å². The third-order valence-corrected chi connectivity index (χ3v) is 21.3. The lowest BCUT2D eigenvalue weighted by Crippen LogP contribution is -2.54. The zero-order valence-corrected chi connectivity index (χ0v) is 57.8. The molecule has 9 heterocycles. The van der Waals surface area contributed by atoms with E-state index in [-0.39, 0.29) is 36.6 Å². The van der Waals surface area contributed by atoms with Crippen LogP contribution in [-0.2, 0) is 14.2 Å². The maximum absolute atomic E-state index is 9.95. The minimum atomic E-state index is -0.634. The van der Waals surface area contributed by atoms with Crippen LogP contribution in [-0.4, -0.2) is 238 Å². The van der Waals surface area contributed by atoms with Crippen molar-refractivity contribution in [3.63, 3.8) is 0 Å². The summed E-state index contributed by atoms with van der Waals surface area (Å²) in [5.74, 6) is 2.90. The Bertz CT molecular complexity index is 3350. The molecule has 6 atom stereocenters. The highest BCUT2D eigenvalue weighted by Gasteiger charge is 2.36. The summed E-state index contributed by atoms with van der Waals surface area (Å²) in [4.78, 5) is 38.3. The van der Waals surface area contributed by atoms with E-state index >= 15 is 0 Å². The molecule has 91 heavy (non-hydrogen) atoms. The second-order valence-electron chi connectivity index (χ2n) is 26.4. The van der Waals surface area contributed by atoms with Gasteiger partial charge in [0.05, 0.1) is 87.2 Å². The molecule has 3 aromatic carbocycles. The summed E-state index contributed by atoms with van der Waals surface area (Å²) < 4.78 is 18.6. The van der Waals surface area contributed by atoms with E-state index in [2.05, 4.69) is 115 Å². The number of aliphatic hydroxyl groups is 3. The van der Waals surface area contributed by atoms with Gasteiger partial charge in [0.25, 0.3) is 0 Å². The molecule has 0 spiro atoms. The van der Waals surface area contributed by atoms with Gasteiger partial charge in [-0.25, -0.2) is 0 Å². The molecule has 4 N–H and O–H groups in total. The molecule has 6 aromatic rings. The molecule has 6 aliphatic heterocycles. The molecule has 6 saturated heterocycles. The molecule has 0 amide bonds. The molecule has 0 radical (unpaired) electrons.